The topological polar surface area (TPSA) is 105 Å². The second kappa shape index (κ2) is 4.45. The van der Waals surface area contributed by atoms with Gasteiger partial charge in [0.25, 0.3) is 0 Å². The fourth-order valence-electron chi connectivity index (χ4n) is 1.14. The third-order valence-corrected chi connectivity index (χ3v) is 1.72. The Morgan fingerprint density at radius 2 is 2.12 bits per heavy atom. The highest BCUT2D eigenvalue weighted by atomic mass is 19.4. The summed E-state index contributed by atoms with van der Waals surface area (Å²) in [6.45, 7) is -0.498. The van der Waals surface area contributed by atoms with Crippen LogP contribution in [-0.4, -0.2) is 22.4 Å². The van der Waals surface area contributed by atoms with Gasteiger partial charge in [-0.15, -0.1) is 13.2 Å². The average Bonchev–Trinajstić information content (AvgIpc) is 2.17. The van der Waals surface area contributed by atoms with Crippen LogP contribution in [0.15, 0.2) is 10.9 Å². The normalized spacial score (nSPS) is 11.3. The van der Waals surface area contributed by atoms with E-state index in [1.165, 1.54) is 0 Å². The molecule has 0 fully saturated rings. The van der Waals surface area contributed by atoms with E-state index in [1.807, 2.05) is 4.98 Å². The molecule has 1 heterocycles. The Hall–Kier alpha value is -2.03. The second-order valence-electron chi connectivity index (χ2n) is 2.91. The maximum atomic E-state index is 12.1. The number of nitrogens with two attached hydrogens (primary N) is 1. The number of hydrogen-bond acceptors (Lipinski definition) is 4. The number of halogens is 3. The van der Waals surface area contributed by atoms with Crippen LogP contribution >= 0.6 is 0 Å². The Morgan fingerprint density at radius 1 is 1.53 bits per heavy atom. The summed E-state index contributed by atoms with van der Waals surface area (Å²) in [5.74, 6) is -2.72. The van der Waals surface area contributed by atoms with Gasteiger partial charge in [-0.2, -0.15) is 0 Å². The zero-order valence-electron chi connectivity index (χ0n) is 8.17. The quantitative estimate of drug-likeness (QED) is 0.723. The Morgan fingerprint density at radius 3 is 2.53 bits per heavy atom. The molecule has 0 radical (unpaired) electrons. The molecule has 94 valence electrons. The molecule has 0 aliphatic rings. The van der Waals surface area contributed by atoms with Gasteiger partial charge in [-0.3, -0.25) is 4.79 Å². The fraction of sp³-hybridized carbons (Fsp3) is 0.250. The average molecular weight is 252 g/mol. The predicted octanol–water partition coefficient (Wildman–Crippen LogP) is 0.430. The molecule has 4 N–H and O–H groups in total. The standard InChI is InChI=1S/C8H7F3N2O4/c9-8(10,11)17-6-3(7(15)16)1-5(14)13-4(6)2-12/h1H,2,12H2,(H,13,14)(H,15,16). The first-order chi connectivity index (χ1) is 7.74. The van der Waals surface area contributed by atoms with Crippen LogP contribution in [0.5, 0.6) is 5.75 Å². The highest BCUT2D eigenvalue weighted by Crippen LogP contribution is 2.27. The molecular formula is C8H7F3N2O4. The molecule has 0 bridgehead atoms. The van der Waals surface area contributed by atoms with E-state index in [4.69, 9.17) is 10.8 Å². The van der Waals surface area contributed by atoms with E-state index in [9.17, 15) is 22.8 Å². The number of H-pyrrole nitrogens is 1. The molecule has 1 aromatic heterocycles. The molecular weight excluding hydrogens is 245 g/mol. The number of alkyl halides is 3. The fourth-order valence-corrected chi connectivity index (χ4v) is 1.14. The summed E-state index contributed by atoms with van der Waals surface area (Å²) < 4.78 is 39.7. The number of carbonyl (C=O) groups is 1. The maximum Gasteiger partial charge on any atom is 0.573 e. The van der Waals surface area contributed by atoms with Gasteiger partial charge in [-0.25, -0.2) is 4.79 Å². The zero-order chi connectivity index (χ0) is 13.2. The molecule has 0 unspecified atom stereocenters. The number of ether oxygens (including phenoxy) is 1. The van der Waals surface area contributed by atoms with Gasteiger partial charge in [0.05, 0.1) is 5.69 Å². The summed E-state index contributed by atoms with van der Waals surface area (Å²) in [4.78, 5) is 23.6. The second-order valence-corrected chi connectivity index (χ2v) is 2.91. The molecule has 0 amide bonds. The minimum atomic E-state index is -5.08. The van der Waals surface area contributed by atoms with Crippen molar-refractivity contribution in [2.24, 2.45) is 5.73 Å². The van der Waals surface area contributed by atoms with Crippen LogP contribution in [0.2, 0.25) is 0 Å². The zero-order valence-corrected chi connectivity index (χ0v) is 8.17. The molecule has 0 aliphatic carbocycles. The van der Waals surface area contributed by atoms with Crippen molar-refractivity contribution in [1.29, 1.82) is 0 Å². The number of nitrogens with one attached hydrogen (secondary N) is 1. The first kappa shape index (κ1) is 13.0. The van der Waals surface area contributed by atoms with Crippen LogP contribution in [0.4, 0.5) is 13.2 Å². The summed E-state index contributed by atoms with van der Waals surface area (Å²) >= 11 is 0. The summed E-state index contributed by atoms with van der Waals surface area (Å²) in [6.07, 6.45) is -5.08. The minimum Gasteiger partial charge on any atom is -0.478 e. The number of aromatic amines is 1. The molecule has 0 aliphatic heterocycles. The lowest BCUT2D eigenvalue weighted by Gasteiger charge is -2.14. The van der Waals surface area contributed by atoms with E-state index >= 15 is 0 Å². The van der Waals surface area contributed by atoms with Crippen LogP contribution in [0.1, 0.15) is 16.1 Å². The Bertz CT molecular complexity index is 495. The summed E-state index contributed by atoms with van der Waals surface area (Å²) in [5, 5.41) is 8.67. The molecule has 0 saturated carbocycles. The Labute approximate surface area is 91.8 Å². The van der Waals surface area contributed by atoms with Crippen molar-refractivity contribution >= 4 is 5.97 Å². The van der Waals surface area contributed by atoms with Gasteiger partial charge in [-0.05, 0) is 0 Å². The summed E-state index contributed by atoms with van der Waals surface area (Å²) in [5.41, 5.74) is 2.89. The van der Waals surface area contributed by atoms with Crippen molar-refractivity contribution < 1.29 is 27.8 Å². The first-order valence-electron chi connectivity index (χ1n) is 4.20. The molecule has 1 rings (SSSR count). The lowest BCUT2D eigenvalue weighted by atomic mass is 10.2. The van der Waals surface area contributed by atoms with Crippen molar-refractivity contribution in [3.05, 3.63) is 27.7 Å². The number of aromatic nitrogens is 1. The number of aromatic carboxylic acids is 1. The van der Waals surface area contributed by atoms with E-state index in [-0.39, 0.29) is 0 Å². The maximum absolute atomic E-state index is 12.1. The van der Waals surface area contributed by atoms with Crippen molar-refractivity contribution in [3.63, 3.8) is 0 Å². The molecule has 0 spiro atoms. The number of pyridine rings is 1. The molecule has 17 heavy (non-hydrogen) atoms. The highest BCUT2D eigenvalue weighted by Gasteiger charge is 2.34. The van der Waals surface area contributed by atoms with E-state index in [1.54, 1.807) is 0 Å². The largest absolute Gasteiger partial charge is 0.573 e. The predicted molar refractivity (Wildman–Crippen MR) is 48.6 cm³/mol. The molecule has 0 atom stereocenters. The van der Waals surface area contributed by atoms with Crippen molar-refractivity contribution in [2.45, 2.75) is 12.9 Å². The van der Waals surface area contributed by atoms with Crippen molar-refractivity contribution in [1.82, 2.24) is 4.98 Å². The first-order valence-corrected chi connectivity index (χ1v) is 4.20. The van der Waals surface area contributed by atoms with Crippen molar-refractivity contribution in [3.8, 4) is 5.75 Å². The smallest absolute Gasteiger partial charge is 0.478 e. The van der Waals surface area contributed by atoms with Crippen LogP contribution in [-0.2, 0) is 6.54 Å². The van der Waals surface area contributed by atoms with Gasteiger partial charge in [0.15, 0.2) is 5.75 Å². The van der Waals surface area contributed by atoms with E-state index in [2.05, 4.69) is 4.74 Å². The molecule has 0 aromatic carbocycles. The van der Waals surface area contributed by atoms with Crippen LogP contribution in [0, 0.1) is 0 Å². The van der Waals surface area contributed by atoms with Gasteiger partial charge in [-0.1, -0.05) is 0 Å². The van der Waals surface area contributed by atoms with Gasteiger partial charge in [0, 0.05) is 12.6 Å². The third-order valence-electron chi connectivity index (χ3n) is 1.72. The molecule has 9 heteroatoms. The van der Waals surface area contributed by atoms with E-state index in [0.29, 0.717) is 6.07 Å². The van der Waals surface area contributed by atoms with Gasteiger partial charge in [0.2, 0.25) is 5.56 Å². The SMILES string of the molecule is NCc1[nH]c(=O)cc(C(=O)O)c1OC(F)(F)F. The number of rotatable bonds is 3. The van der Waals surface area contributed by atoms with Gasteiger partial charge in [0.1, 0.15) is 5.56 Å². The number of carboxylic acids is 1. The summed E-state index contributed by atoms with van der Waals surface area (Å²) in [7, 11) is 0. The Kier molecular flexibility index (Phi) is 3.42. The monoisotopic (exact) mass is 252 g/mol. The third kappa shape index (κ3) is 3.21. The van der Waals surface area contributed by atoms with Crippen LogP contribution in [0.25, 0.3) is 0 Å². The van der Waals surface area contributed by atoms with E-state index < -0.39 is 41.4 Å². The van der Waals surface area contributed by atoms with Crippen molar-refractivity contribution in [2.75, 3.05) is 0 Å². The lowest BCUT2D eigenvalue weighted by Crippen LogP contribution is -2.24. The summed E-state index contributed by atoms with van der Waals surface area (Å²) in [6, 6.07) is 0.489. The van der Waals surface area contributed by atoms with E-state index in [0.717, 1.165) is 0 Å². The Balaban J connectivity index is 3.42. The molecule has 0 saturated heterocycles. The highest BCUT2D eigenvalue weighted by molar-refractivity contribution is 5.91. The minimum absolute atomic E-state index is 0.438. The lowest BCUT2D eigenvalue weighted by molar-refractivity contribution is -0.275. The van der Waals surface area contributed by atoms with Gasteiger partial charge >= 0.3 is 12.3 Å². The van der Waals surface area contributed by atoms with Crippen LogP contribution in [0.3, 0.4) is 0 Å². The number of hydrogen-bond donors (Lipinski definition) is 3. The van der Waals surface area contributed by atoms with Gasteiger partial charge < -0.3 is 20.6 Å². The molecule has 1 aromatic rings. The number of carboxylic acid groups (broad SMARTS) is 1. The molecule has 6 nitrogen and oxygen atoms in total. The van der Waals surface area contributed by atoms with Crippen LogP contribution < -0.4 is 16.0 Å².